The minimum absolute atomic E-state index is 0.581. The molecule has 0 unspecified atom stereocenters. The summed E-state index contributed by atoms with van der Waals surface area (Å²) in [6, 6.07) is 8.67. The van der Waals surface area contributed by atoms with Crippen LogP contribution in [0, 0.1) is 0 Å². The van der Waals surface area contributed by atoms with Crippen LogP contribution < -0.4 is 0 Å². The maximum absolute atomic E-state index is 2.42. The van der Waals surface area contributed by atoms with Crippen molar-refractivity contribution in [2.75, 3.05) is 6.26 Å². The maximum atomic E-state index is 2.42. The van der Waals surface area contributed by atoms with Gasteiger partial charge in [0.05, 0.1) is 1.93 Å². The number of alkyl halides is 2. The van der Waals surface area contributed by atoms with Crippen molar-refractivity contribution in [2.24, 2.45) is 0 Å². The summed E-state index contributed by atoms with van der Waals surface area (Å²) in [7, 11) is 0. The number of thioether (sulfide) groups is 1. The van der Waals surface area contributed by atoms with E-state index in [4.69, 9.17) is 0 Å². The largest absolute Gasteiger partial charge is 0.130 e. The van der Waals surface area contributed by atoms with E-state index in [1.165, 1.54) is 10.5 Å². The van der Waals surface area contributed by atoms with Gasteiger partial charge in [-0.2, -0.15) is 0 Å². The van der Waals surface area contributed by atoms with Crippen LogP contribution in [0.25, 0.3) is 0 Å². The zero-order chi connectivity index (χ0) is 8.27. The molecule has 0 amide bonds. The highest BCUT2D eigenvalue weighted by Crippen LogP contribution is 2.31. The molecule has 0 aromatic heterocycles. The van der Waals surface area contributed by atoms with E-state index in [9.17, 15) is 0 Å². The first-order valence-electron chi connectivity index (χ1n) is 3.16. The molecule has 0 spiro atoms. The van der Waals surface area contributed by atoms with Crippen molar-refractivity contribution in [2.45, 2.75) is 6.83 Å². The average molecular weight is 390 g/mol. The van der Waals surface area contributed by atoms with Gasteiger partial charge in [0.15, 0.2) is 0 Å². The van der Waals surface area contributed by atoms with Crippen molar-refractivity contribution < 1.29 is 0 Å². The molecule has 0 saturated carbocycles. The maximum Gasteiger partial charge on any atom is 0.0875 e. The van der Waals surface area contributed by atoms with Crippen LogP contribution in [0.5, 0.6) is 0 Å². The Morgan fingerprint density at radius 3 is 2.64 bits per heavy atom. The summed E-state index contributed by atoms with van der Waals surface area (Å²) in [6.07, 6.45) is 2.11. The molecule has 1 aromatic rings. The topological polar surface area (TPSA) is 0 Å². The van der Waals surface area contributed by atoms with Gasteiger partial charge in [0.25, 0.3) is 0 Å². The molecule has 0 aliphatic heterocycles. The summed E-state index contributed by atoms with van der Waals surface area (Å²) >= 11 is 6.63. The molecule has 60 valence electrons. The molecular formula is C8H8I2S. The second-order valence-electron chi connectivity index (χ2n) is 2.08. The molecule has 0 nitrogen and oxygen atoms in total. The molecule has 0 N–H and O–H groups in total. The summed E-state index contributed by atoms with van der Waals surface area (Å²) < 4.78 is 0.581. The summed E-state index contributed by atoms with van der Waals surface area (Å²) in [5.41, 5.74) is 1.40. The molecule has 0 radical (unpaired) electrons. The van der Waals surface area contributed by atoms with Gasteiger partial charge in [0, 0.05) is 4.90 Å². The Labute approximate surface area is 98.8 Å². The Bertz CT molecular complexity index is 235. The molecule has 1 aromatic carbocycles. The fourth-order valence-corrected chi connectivity index (χ4v) is 2.02. The number of hydrogen-bond donors (Lipinski definition) is 0. The Kier molecular flexibility index (Phi) is 4.52. The Balaban J connectivity index is 2.91. The standard InChI is InChI=1S/C8H8I2S/c1-11-7-4-2-3-6(5-7)8(9)10/h2-5,8H,1H3. The van der Waals surface area contributed by atoms with Crippen LogP contribution in [0.3, 0.4) is 0 Å². The predicted octanol–water partition coefficient (Wildman–Crippen LogP) is 4.28. The minimum Gasteiger partial charge on any atom is -0.130 e. The van der Waals surface area contributed by atoms with Gasteiger partial charge in [0.2, 0.25) is 0 Å². The second-order valence-corrected chi connectivity index (χ2v) is 7.83. The second kappa shape index (κ2) is 4.91. The van der Waals surface area contributed by atoms with Crippen molar-refractivity contribution in [1.29, 1.82) is 0 Å². The Morgan fingerprint density at radius 1 is 1.36 bits per heavy atom. The molecule has 0 aliphatic carbocycles. The van der Waals surface area contributed by atoms with Crippen molar-refractivity contribution in [1.82, 2.24) is 0 Å². The average Bonchev–Trinajstić information content (AvgIpc) is 2.05. The molecule has 0 saturated heterocycles. The smallest absolute Gasteiger partial charge is 0.0875 e. The lowest BCUT2D eigenvalue weighted by molar-refractivity contribution is 1.36. The summed E-state index contributed by atoms with van der Waals surface area (Å²) in [5.74, 6) is 0. The molecule has 3 heteroatoms. The van der Waals surface area contributed by atoms with E-state index >= 15 is 0 Å². The van der Waals surface area contributed by atoms with Gasteiger partial charge >= 0.3 is 0 Å². The number of rotatable bonds is 2. The van der Waals surface area contributed by atoms with Gasteiger partial charge in [-0.1, -0.05) is 57.3 Å². The normalized spacial score (nSPS) is 10.5. The van der Waals surface area contributed by atoms with Gasteiger partial charge in [-0.25, -0.2) is 0 Å². The third-order valence-corrected chi connectivity index (χ3v) is 3.51. The van der Waals surface area contributed by atoms with Crippen molar-refractivity contribution >= 4 is 56.9 Å². The van der Waals surface area contributed by atoms with Crippen molar-refractivity contribution in [3.05, 3.63) is 29.8 Å². The van der Waals surface area contributed by atoms with E-state index in [1.54, 1.807) is 11.8 Å². The third-order valence-electron chi connectivity index (χ3n) is 1.35. The first kappa shape index (κ1) is 10.1. The zero-order valence-electron chi connectivity index (χ0n) is 6.05. The highest BCUT2D eigenvalue weighted by Gasteiger charge is 2.01. The van der Waals surface area contributed by atoms with Crippen LogP contribution in [0.1, 0.15) is 7.49 Å². The van der Waals surface area contributed by atoms with Crippen molar-refractivity contribution in [3.63, 3.8) is 0 Å². The van der Waals surface area contributed by atoms with E-state index in [-0.39, 0.29) is 0 Å². The van der Waals surface area contributed by atoms with Crippen LogP contribution in [0.15, 0.2) is 29.2 Å². The predicted molar refractivity (Wildman–Crippen MR) is 69.0 cm³/mol. The lowest BCUT2D eigenvalue weighted by Crippen LogP contribution is -1.79. The van der Waals surface area contributed by atoms with E-state index in [0.29, 0.717) is 1.93 Å². The number of benzene rings is 1. The Morgan fingerprint density at radius 2 is 2.09 bits per heavy atom. The van der Waals surface area contributed by atoms with Crippen LogP contribution >= 0.6 is 56.9 Å². The van der Waals surface area contributed by atoms with Crippen LogP contribution in [0.2, 0.25) is 0 Å². The molecular weight excluding hydrogens is 382 g/mol. The Hall–Kier alpha value is 1.03. The van der Waals surface area contributed by atoms with E-state index in [0.717, 1.165) is 0 Å². The fourth-order valence-electron chi connectivity index (χ4n) is 0.777. The number of halogens is 2. The highest BCUT2D eigenvalue weighted by atomic mass is 127. The van der Waals surface area contributed by atoms with E-state index < -0.39 is 0 Å². The zero-order valence-corrected chi connectivity index (χ0v) is 11.2. The van der Waals surface area contributed by atoms with Crippen LogP contribution in [0.4, 0.5) is 0 Å². The van der Waals surface area contributed by atoms with Gasteiger partial charge < -0.3 is 0 Å². The van der Waals surface area contributed by atoms with Gasteiger partial charge in [-0.15, -0.1) is 11.8 Å². The third kappa shape index (κ3) is 3.10. The fraction of sp³-hybridized carbons (Fsp3) is 0.250. The lowest BCUT2D eigenvalue weighted by atomic mass is 10.2. The summed E-state index contributed by atoms with van der Waals surface area (Å²) in [5, 5.41) is 0. The minimum atomic E-state index is 0.581. The van der Waals surface area contributed by atoms with Gasteiger partial charge in [-0.05, 0) is 24.0 Å². The van der Waals surface area contributed by atoms with E-state index in [1.807, 2.05) is 0 Å². The first-order chi connectivity index (χ1) is 5.24. The van der Waals surface area contributed by atoms with Crippen LogP contribution in [-0.4, -0.2) is 6.26 Å². The monoisotopic (exact) mass is 390 g/mol. The van der Waals surface area contributed by atoms with Gasteiger partial charge in [-0.3, -0.25) is 0 Å². The summed E-state index contributed by atoms with van der Waals surface area (Å²) in [4.78, 5) is 1.35. The molecule has 11 heavy (non-hydrogen) atoms. The molecule has 0 bridgehead atoms. The molecule has 0 heterocycles. The highest BCUT2D eigenvalue weighted by molar-refractivity contribution is 14.2. The van der Waals surface area contributed by atoms with Crippen LogP contribution in [-0.2, 0) is 0 Å². The summed E-state index contributed by atoms with van der Waals surface area (Å²) in [6.45, 7) is 0. The molecule has 0 atom stereocenters. The quantitative estimate of drug-likeness (QED) is 0.413. The number of hydrogen-bond acceptors (Lipinski definition) is 1. The first-order valence-corrected chi connectivity index (χ1v) is 6.87. The SMILES string of the molecule is CSc1cccc(C(I)I)c1. The van der Waals surface area contributed by atoms with E-state index in [2.05, 4.69) is 75.7 Å². The molecule has 0 fully saturated rings. The van der Waals surface area contributed by atoms with Crippen molar-refractivity contribution in [3.8, 4) is 0 Å². The molecule has 0 aliphatic rings. The lowest BCUT2D eigenvalue weighted by Gasteiger charge is -2.02. The molecule has 1 rings (SSSR count). The van der Waals surface area contributed by atoms with Gasteiger partial charge in [0.1, 0.15) is 0 Å².